The van der Waals surface area contributed by atoms with Gasteiger partial charge in [-0.25, -0.2) is 4.79 Å². The normalized spacial score (nSPS) is 11.3. The maximum Gasteiger partial charge on any atom is 0.336 e. The molecule has 4 aromatic rings. The molecule has 0 saturated heterocycles. The van der Waals surface area contributed by atoms with E-state index in [1.165, 1.54) is 24.0 Å². The Kier molecular flexibility index (Phi) is 6.64. The number of carbonyl (C=O) groups is 1. The van der Waals surface area contributed by atoms with Crippen LogP contribution in [0.3, 0.4) is 0 Å². The summed E-state index contributed by atoms with van der Waals surface area (Å²) in [5.74, 6) is 0.868. The first-order chi connectivity index (χ1) is 16.3. The third-order valence-electron chi connectivity index (χ3n) is 5.37. The minimum Gasteiger partial charge on any atom is -0.460 e. The van der Waals surface area contributed by atoms with Crippen LogP contribution in [0.25, 0.3) is 17.0 Å². The van der Waals surface area contributed by atoms with E-state index in [1.807, 2.05) is 56.3 Å². The molecule has 0 aliphatic carbocycles. The molecule has 0 spiro atoms. The molecule has 0 N–H and O–H groups in total. The van der Waals surface area contributed by atoms with E-state index in [9.17, 15) is 9.59 Å². The Labute approximate surface area is 198 Å². The van der Waals surface area contributed by atoms with Gasteiger partial charge in [-0.3, -0.25) is 4.79 Å². The highest BCUT2D eigenvalue weighted by atomic mass is 16.5. The van der Waals surface area contributed by atoms with Crippen LogP contribution < -0.4 is 14.9 Å². The first-order valence-electron chi connectivity index (χ1n) is 11.1. The van der Waals surface area contributed by atoms with E-state index >= 15 is 0 Å². The Morgan fingerprint density at radius 3 is 2.29 bits per heavy atom. The Morgan fingerprint density at radius 2 is 1.62 bits per heavy atom. The molecule has 0 aliphatic heterocycles. The molecule has 5 nitrogen and oxygen atoms in total. The van der Waals surface area contributed by atoms with Crippen molar-refractivity contribution in [3.8, 4) is 17.2 Å². The van der Waals surface area contributed by atoms with Gasteiger partial charge >= 0.3 is 5.97 Å². The van der Waals surface area contributed by atoms with Crippen molar-refractivity contribution < 1.29 is 18.7 Å². The zero-order valence-electron chi connectivity index (χ0n) is 19.6. The molecule has 0 radical (unpaired) electrons. The van der Waals surface area contributed by atoms with Crippen molar-refractivity contribution in [1.29, 1.82) is 0 Å². The van der Waals surface area contributed by atoms with Gasteiger partial charge in [0.15, 0.2) is 0 Å². The highest BCUT2D eigenvalue weighted by Crippen LogP contribution is 2.25. The predicted octanol–water partition coefficient (Wildman–Crippen LogP) is 6.94. The zero-order chi connectivity index (χ0) is 24.2. The molecular formula is C29H26O5. The fraction of sp³-hybridized carbons (Fsp3) is 0.172. The van der Waals surface area contributed by atoms with E-state index in [2.05, 4.69) is 13.8 Å². The van der Waals surface area contributed by atoms with Crippen LogP contribution >= 0.6 is 0 Å². The molecular weight excluding hydrogens is 428 g/mol. The quantitative estimate of drug-likeness (QED) is 0.179. The van der Waals surface area contributed by atoms with Crippen LogP contribution in [-0.4, -0.2) is 5.97 Å². The van der Waals surface area contributed by atoms with Crippen LogP contribution in [0, 0.1) is 13.8 Å². The number of rotatable bonds is 6. The van der Waals surface area contributed by atoms with E-state index in [-0.39, 0.29) is 16.9 Å². The van der Waals surface area contributed by atoms with Gasteiger partial charge in [-0.2, -0.15) is 0 Å². The highest BCUT2D eigenvalue weighted by molar-refractivity contribution is 5.89. The second-order valence-corrected chi connectivity index (χ2v) is 8.59. The largest absolute Gasteiger partial charge is 0.460 e. The van der Waals surface area contributed by atoms with Crippen molar-refractivity contribution in [1.82, 2.24) is 0 Å². The summed E-state index contributed by atoms with van der Waals surface area (Å²) in [5.41, 5.74) is 4.21. The van der Waals surface area contributed by atoms with Crippen molar-refractivity contribution in [3.05, 3.63) is 105 Å². The Bertz CT molecular complexity index is 1410. The van der Waals surface area contributed by atoms with Gasteiger partial charge in [0.05, 0.1) is 5.39 Å². The number of fused-ring (bicyclic) bond motifs is 1. The number of aryl methyl sites for hydroxylation is 2. The van der Waals surface area contributed by atoms with Crippen molar-refractivity contribution in [2.24, 2.45) is 0 Å². The number of esters is 1. The minimum atomic E-state index is -0.524. The average molecular weight is 455 g/mol. The monoisotopic (exact) mass is 454 g/mol. The Balaban J connectivity index is 1.48. The van der Waals surface area contributed by atoms with Crippen LogP contribution in [0.4, 0.5) is 0 Å². The van der Waals surface area contributed by atoms with Crippen LogP contribution in [0.1, 0.15) is 42.0 Å². The Morgan fingerprint density at radius 1 is 0.912 bits per heavy atom. The van der Waals surface area contributed by atoms with E-state index in [0.717, 1.165) is 16.7 Å². The van der Waals surface area contributed by atoms with Gasteiger partial charge in [0.2, 0.25) is 11.2 Å². The fourth-order valence-corrected chi connectivity index (χ4v) is 3.65. The number of benzene rings is 3. The van der Waals surface area contributed by atoms with Crippen LogP contribution in [-0.2, 0) is 4.79 Å². The van der Waals surface area contributed by atoms with E-state index in [1.54, 1.807) is 18.2 Å². The molecule has 3 aromatic carbocycles. The lowest BCUT2D eigenvalue weighted by molar-refractivity contribution is -0.128. The summed E-state index contributed by atoms with van der Waals surface area (Å²) in [6, 6.07) is 18.4. The molecule has 5 heteroatoms. The third-order valence-corrected chi connectivity index (χ3v) is 5.37. The average Bonchev–Trinajstić information content (AvgIpc) is 2.79. The van der Waals surface area contributed by atoms with Gasteiger partial charge in [-0.15, -0.1) is 0 Å². The number of ether oxygens (including phenoxy) is 2. The minimum absolute atomic E-state index is 0.0914. The Hall–Kier alpha value is -4.12. The van der Waals surface area contributed by atoms with Crippen LogP contribution in [0.15, 0.2) is 82.2 Å². The molecule has 1 heterocycles. The lowest BCUT2D eigenvalue weighted by atomic mass is 10.0. The smallest absolute Gasteiger partial charge is 0.336 e. The lowest BCUT2D eigenvalue weighted by Crippen LogP contribution is -2.06. The van der Waals surface area contributed by atoms with Gasteiger partial charge in [-0.05, 0) is 72.4 Å². The van der Waals surface area contributed by atoms with Gasteiger partial charge in [0.25, 0.3) is 0 Å². The fourth-order valence-electron chi connectivity index (χ4n) is 3.65. The first-order valence-corrected chi connectivity index (χ1v) is 11.1. The molecule has 0 aliphatic rings. The van der Waals surface area contributed by atoms with Crippen molar-refractivity contribution in [2.45, 2.75) is 33.6 Å². The van der Waals surface area contributed by atoms with Gasteiger partial charge in [-0.1, -0.05) is 44.2 Å². The first kappa shape index (κ1) is 23.1. The lowest BCUT2D eigenvalue weighted by Gasteiger charge is -2.08. The summed E-state index contributed by atoms with van der Waals surface area (Å²) >= 11 is 0. The summed E-state index contributed by atoms with van der Waals surface area (Å²) in [6.45, 7) is 8.19. The molecule has 4 rings (SSSR count). The maximum atomic E-state index is 12.9. The third kappa shape index (κ3) is 5.44. The molecule has 0 amide bonds. The van der Waals surface area contributed by atoms with Crippen molar-refractivity contribution in [3.63, 3.8) is 0 Å². The topological polar surface area (TPSA) is 65.7 Å². The molecule has 0 unspecified atom stereocenters. The SMILES string of the molecule is Cc1cc(C)cc(Oc2coc3cc(OC(=O)/C=C/c4ccc(C(C)C)cc4)ccc3c2=O)c1. The maximum absolute atomic E-state index is 12.9. The van der Waals surface area contributed by atoms with Gasteiger partial charge < -0.3 is 13.9 Å². The number of hydrogen-bond donors (Lipinski definition) is 0. The van der Waals surface area contributed by atoms with E-state index in [4.69, 9.17) is 13.9 Å². The van der Waals surface area contributed by atoms with Crippen LogP contribution in [0.5, 0.6) is 17.2 Å². The van der Waals surface area contributed by atoms with Crippen LogP contribution in [0.2, 0.25) is 0 Å². The number of hydrogen-bond acceptors (Lipinski definition) is 5. The van der Waals surface area contributed by atoms with Gasteiger partial charge in [0.1, 0.15) is 23.3 Å². The van der Waals surface area contributed by atoms with Gasteiger partial charge in [0, 0.05) is 12.1 Å². The second kappa shape index (κ2) is 9.79. The molecule has 0 bridgehead atoms. The molecule has 0 atom stereocenters. The molecule has 1 aromatic heterocycles. The predicted molar refractivity (Wildman–Crippen MR) is 134 cm³/mol. The zero-order valence-corrected chi connectivity index (χ0v) is 19.6. The summed E-state index contributed by atoms with van der Waals surface area (Å²) < 4.78 is 16.8. The standard InChI is InChI=1S/C29H26O5/c1-18(2)22-8-5-21(6-9-22)7-12-28(30)34-23-10-11-25-26(16-23)32-17-27(29(25)31)33-24-14-19(3)13-20(4)15-24/h5-18H,1-4H3/b12-7+. The van der Waals surface area contributed by atoms with E-state index < -0.39 is 5.97 Å². The van der Waals surface area contributed by atoms with E-state index in [0.29, 0.717) is 22.6 Å². The summed E-state index contributed by atoms with van der Waals surface area (Å²) in [5, 5.41) is 0.336. The second-order valence-electron chi connectivity index (χ2n) is 8.59. The summed E-state index contributed by atoms with van der Waals surface area (Å²) in [7, 11) is 0. The highest BCUT2D eigenvalue weighted by Gasteiger charge is 2.12. The number of carbonyl (C=O) groups excluding carboxylic acids is 1. The van der Waals surface area contributed by atoms with Crippen molar-refractivity contribution in [2.75, 3.05) is 0 Å². The molecule has 34 heavy (non-hydrogen) atoms. The summed E-state index contributed by atoms with van der Waals surface area (Å²) in [6.07, 6.45) is 4.34. The summed E-state index contributed by atoms with van der Waals surface area (Å²) in [4.78, 5) is 25.1. The van der Waals surface area contributed by atoms with Crippen molar-refractivity contribution >= 4 is 23.0 Å². The molecule has 0 saturated carbocycles. The molecule has 172 valence electrons. The molecule has 0 fully saturated rings.